The Labute approximate surface area is 180 Å². The maximum atomic E-state index is 12.8. The van der Waals surface area contributed by atoms with Gasteiger partial charge in [0.1, 0.15) is 6.04 Å². The number of hydrogen-bond acceptors (Lipinski definition) is 6. The van der Waals surface area contributed by atoms with Crippen LogP contribution in [0.3, 0.4) is 0 Å². The number of benzene rings is 1. The highest BCUT2D eigenvalue weighted by Gasteiger charge is 2.50. The van der Waals surface area contributed by atoms with E-state index in [-0.39, 0.29) is 30.2 Å². The summed E-state index contributed by atoms with van der Waals surface area (Å²) in [7, 11) is 0. The third-order valence-electron chi connectivity index (χ3n) is 6.35. The Hall–Kier alpha value is -2.29. The Kier molecular flexibility index (Phi) is 5.65. The molecular weight excluding hydrogens is 400 g/mol. The van der Waals surface area contributed by atoms with Gasteiger partial charge in [0.05, 0.1) is 28.2 Å². The molecular formula is C22H28N4O3S. The number of carbonyl (C=O) groups excluding carboxylic acids is 2. The van der Waals surface area contributed by atoms with Crippen LogP contribution in [0, 0.1) is 12.3 Å². The number of thiazole rings is 1. The lowest BCUT2D eigenvalue weighted by Gasteiger charge is -2.29. The van der Waals surface area contributed by atoms with Crippen molar-refractivity contribution in [2.45, 2.75) is 57.8 Å². The SMILES string of the molecule is Cc1ncsc1-c1ccc(CNC(=O)[C@@H]2C[C@@H](O)CN2C(=O)C(N)C2(C)CC2)cc1. The number of aliphatic hydroxyl groups excluding tert-OH is 1. The van der Waals surface area contributed by atoms with Crippen LogP contribution < -0.4 is 11.1 Å². The summed E-state index contributed by atoms with van der Waals surface area (Å²) in [6, 6.07) is 6.69. The highest BCUT2D eigenvalue weighted by atomic mass is 32.1. The molecule has 2 aromatic rings. The number of nitrogens with zero attached hydrogens (tertiary/aromatic N) is 2. The summed E-state index contributed by atoms with van der Waals surface area (Å²) in [5, 5.41) is 13.0. The van der Waals surface area contributed by atoms with Crippen LogP contribution in [0.15, 0.2) is 29.8 Å². The van der Waals surface area contributed by atoms with Gasteiger partial charge in [0, 0.05) is 19.5 Å². The monoisotopic (exact) mass is 428 g/mol. The van der Waals surface area contributed by atoms with E-state index in [1.165, 1.54) is 4.90 Å². The lowest BCUT2D eigenvalue weighted by molar-refractivity contribution is -0.140. The molecule has 160 valence electrons. The molecule has 7 nitrogen and oxygen atoms in total. The number of nitrogens with one attached hydrogen (secondary N) is 1. The van der Waals surface area contributed by atoms with E-state index in [4.69, 9.17) is 5.73 Å². The highest BCUT2D eigenvalue weighted by molar-refractivity contribution is 7.13. The fraction of sp³-hybridized carbons (Fsp3) is 0.500. The number of aliphatic hydroxyl groups is 1. The Bertz CT molecular complexity index is 938. The zero-order valence-electron chi connectivity index (χ0n) is 17.3. The summed E-state index contributed by atoms with van der Waals surface area (Å²) in [5.74, 6) is -0.494. The number of β-amino-alcohol motifs (C(OH)–C–C–N with tert-alkyl or cyclic N) is 1. The number of hydrogen-bond donors (Lipinski definition) is 3. The molecule has 4 N–H and O–H groups in total. The number of rotatable bonds is 6. The Morgan fingerprint density at radius 3 is 2.67 bits per heavy atom. The number of carbonyl (C=O) groups is 2. The lowest BCUT2D eigenvalue weighted by atomic mass is 9.98. The number of amides is 2. The topological polar surface area (TPSA) is 109 Å². The van der Waals surface area contributed by atoms with Gasteiger partial charge in [0.2, 0.25) is 11.8 Å². The van der Waals surface area contributed by atoms with Crippen molar-refractivity contribution in [3.05, 3.63) is 41.0 Å². The molecule has 8 heteroatoms. The van der Waals surface area contributed by atoms with Crippen LogP contribution in [-0.2, 0) is 16.1 Å². The van der Waals surface area contributed by atoms with Gasteiger partial charge >= 0.3 is 0 Å². The van der Waals surface area contributed by atoms with E-state index in [1.54, 1.807) is 11.3 Å². The fourth-order valence-corrected chi connectivity index (χ4v) is 4.76. The third kappa shape index (κ3) is 4.12. The van der Waals surface area contributed by atoms with Gasteiger partial charge in [-0.05, 0) is 36.3 Å². The molecule has 0 radical (unpaired) electrons. The molecule has 1 unspecified atom stereocenters. The first kappa shape index (κ1) is 21.0. The standard InChI is InChI=1S/C22H28N4O3S/c1-13-18(30-12-25-13)15-5-3-14(4-6-15)10-24-20(28)17-9-16(27)11-26(17)21(29)19(23)22(2)7-8-22/h3-6,12,16-17,19,27H,7-11,23H2,1-2H3,(H,24,28)/t16-,17+,19?/m1/s1. The van der Waals surface area contributed by atoms with Gasteiger partial charge in [0.25, 0.3) is 0 Å². The van der Waals surface area contributed by atoms with Gasteiger partial charge in [-0.3, -0.25) is 9.59 Å². The van der Waals surface area contributed by atoms with E-state index in [9.17, 15) is 14.7 Å². The summed E-state index contributed by atoms with van der Waals surface area (Å²) in [6.45, 7) is 4.50. The van der Waals surface area contributed by atoms with Gasteiger partial charge in [-0.2, -0.15) is 0 Å². The molecule has 1 aromatic heterocycles. The van der Waals surface area contributed by atoms with Crippen LogP contribution in [0.4, 0.5) is 0 Å². The average molecular weight is 429 g/mol. The molecule has 3 atom stereocenters. The van der Waals surface area contributed by atoms with E-state index in [0.29, 0.717) is 6.54 Å². The van der Waals surface area contributed by atoms with Gasteiger partial charge in [-0.25, -0.2) is 4.98 Å². The largest absolute Gasteiger partial charge is 0.391 e. The second-order valence-corrected chi connectivity index (χ2v) is 9.56. The van der Waals surface area contributed by atoms with Crippen molar-refractivity contribution in [3.8, 4) is 10.4 Å². The van der Waals surface area contributed by atoms with Crippen molar-refractivity contribution in [2.75, 3.05) is 6.54 Å². The van der Waals surface area contributed by atoms with Crippen LogP contribution in [0.2, 0.25) is 0 Å². The molecule has 1 aliphatic carbocycles. The third-order valence-corrected chi connectivity index (χ3v) is 7.33. The zero-order chi connectivity index (χ0) is 21.5. The maximum absolute atomic E-state index is 12.8. The van der Waals surface area contributed by atoms with Crippen molar-refractivity contribution < 1.29 is 14.7 Å². The number of nitrogens with two attached hydrogens (primary N) is 1. The van der Waals surface area contributed by atoms with Crippen molar-refractivity contribution in [3.63, 3.8) is 0 Å². The molecule has 0 spiro atoms. The van der Waals surface area contributed by atoms with E-state index < -0.39 is 18.2 Å². The molecule has 4 rings (SSSR count). The average Bonchev–Trinajstić information content (AvgIpc) is 3.15. The van der Waals surface area contributed by atoms with Gasteiger partial charge in [0.15, 0.2) is 0 Å². The fourth-order valence-electron chi connectivity index (χ4n) is 3.95. The minimum atomic E-state index is -0.703. The van der Waals surface area contributed by atoms with Crippen LogP contribution in [-0.4, -0.2) is 51.5 Å². The predicted molar refractivity (Wildman–Crippen MR) is 116 cm³/mol. The number of aryl methyl sites for hydroxylation is 1. The van der Waals surface area contributed by atoms with Crippen molar-refractivity contribution in [1.82, 2.24) is 15.2 Å². The second kappa shape index (κ2) is 8.09. The smallest absolute Gasteiger partial charge is 0.243 e. The highest BCUT2D eigenvalue weighted by Crippen LogP contribution is 2.48. The Balaban J connectivity index is 1.38. The molecule has 2 heterocycles. The minimum Gasteiger partial charge on any atom is -0.391 e. The molecule has 0 bridgehead atoms. The summed E-state index contributed by atoms with van der Waals surface area (Å²) in [4.78, 5) is 32.5. The van der Waals surface area contributed by atoms with Crippen LogP contribution >= 0.6 is 11.3 Å². The van der Waals surface area contributed by atoms with Crippen LogP contribution in [0.1, 0.15) is 37.4 Å². The number of likely N-dealkylation sites (tertiary alicyclic amines) is 1. The van der Waals surface area contributed by atoms with Crippen LogP contribution in [0.25, 0.3) is 10.4 Å². The Morgan fingerprint density at radius 2 is 2.07 bits per heavy atom. The predicted octanol–water partition coefficient (Wildman–Crippen LogP) is 1.82. The van der Waals surface area contributed by atoms with Crippen LogP contribution in [0.5, 0.6) is 0 Å². The molecule has 1 saturated heterocycles. The first-order chi connectivity index (χ1) is 14.3. The zero-order valence-corrected chi connectivity index (χ0v) is 18.1. The van der Waals surface area contributed by atoms with E-state index in [0.717, 1.165) is 34.5 Å². The maximum Gasteiger partial charge on any atom is 0.243 e. The Morgan fingerprint density at radius 1 is 1.37 bits per heavy atom. The first-order valence-corrected chi connectivity index (χ1v) is 11.2. The molecule has 2 amide bonds. The van der Waals surface area contributed by atoms with Gasteiger partial charge in [-0.15, -0.1) is 11.3 Å². The normalized spacial score (nSPS) is 23.3. The minimum absolute atomic E-state index is 0.156. The van der Waals surface area contributed by atoms with Crippen molar-refractivity contribution >= 4 is 23.2 Å². The lowest BCUT2D eigenvalue weighted by Crippen LogP contribution is -2.53. The van der Waals surface area contributed by atoms with Gasteiger partial charge < -0.3 is 21.1 Å². The van der Waals surface area contributed by atoms with E-state index in [2.05, 4.69) is 10.3 Å². The van der Waals surface area contributed by atoms with Crippen molar-refractivity contribution in [2.24, 2.45) is 11.1 Å². The van der Waals surface area contributed by atoms with Gasteiger partial charge in [-0.1, -0.05) is 31.2 Å². The second-order valence-electron chi connectivity index (χ2n) is 8.71. The first-order valence-electron chi connectivity index (χ1n) is 10.3. The number of aromatic nitrogens is 1. The molecule has 1 aromatic carbocycles. The van der Waals surface area contributed by atoms with E-state index >= 15 is 0 Å². The van der Waals surface area contributed by atoms with Crippen molar-refractivity contribution in [1.29, 1.82) is 0 Å². The molecule has 1 aliphatic heterocycles. The summed E-state index contributed by atoms with van der Waals surface area (Å²) in [6.07, 6.45) is 1.38. The summed E-state index contributed by atoms with van der Waals surface area (Å²) < 4.78 is 0. The molecule has 30 heavy (non-hydrogen) atoms. The molecule has 2 fully saturated rings. The van der Waals surface area contributed by atoms with E-state index in [1.807, 2.05) is 43.6 Å². The molecule has 2 aliphatic rings. The summed E-state index contributed by atoms with van der Waals surface area (Å²) >= 11 is 1.60. The molecule has 1 saturated carbocycles. The summed E-state index contributed by atoms with van der Waals surface area (Å²) in [5.41, 5.74) is 10.9. The quantitative estimate of drug-likeness (QED) is 0.650.